The Bertz CT molecular complexity index is 684. The molecule has 3 rings (SSSR count). The van der Waals surface area contributed by atoms with Crippen molar-refractivity contribution >= 4 is 39.0 Å². The fourth-order valence-corrected chi connectivity index (χ4v) is 2.79. The van der Waals surface area contributed by atoms with E-state index in [-0.39, 0.29) is 5.91 Å². The number of amides is 1. The number of fused-ring (bicyclic) bond motifs is 1. The van der Waals surface area contributed by atoms with Crippen LogP contribution >= 0.6 is 15.9 Å². The number of benzene rings is 1. The van der Waals surface area contributed by atoms with Crippen molar-refractivity contribution in [1.29, 1.82) is 0 Å². The van der Waals surface area contributed by atoms with Crippen molar-refractivity contribution in [3.05, 3.63) is 46.1 Å². The number of rotatable bonds is 1. The molecule has 96 valence electrons. The number of nitrogens with zero attached hydrogens (tertiary/aromatic N) is 2. The lowest BCUT2D eigenvalue weighted by atomic mass is 10.1. The fraction of sp³-hybridized carbons (Fsp3) is 0.143. The molecular formula is C14H12BrN3O. The van der Waals surface area contributed by atoms with Gasteiger partial charge in [-0.3, -0.25) is 9.69 Å². The first-order valence-electron chi connectivity index (χ1n) is 5.90. The Balaban J connectivity index is 2.14. The van der Waals surface area contributed by atoms with E-state index in [0.29, 0.717) is 17.9 Å². The number of nitrogen functional groups attached to an aromatic ring is 1. The van der Waals surface area contributed by atoms with Crippen LogP contribution in [0.25, 0.3) is 0 Å². The largest absolute Gasteiger partial charge is 0.399 e. The standard InChI is InChI=1S/C14H12BrN3O/c1-8-4-10(15)7-17-14(8)18-12-3-2-11(16)5-9(12)6-13(18)19/h2-5,7H,6,16H2,1H3. The number of aryl methyl sites for hydroxylation is 1. The molecule has 0 aliphatic carbocycles. The minimum atomic E-state index is 0.0264. The van der Waals surface area contributed by atoms with E-state index in [1.165, 1.54) is 0 Å². The van der Waals surface area contributed by atoms with Crippen LogP contribution in [-0.4, -0.2) is 10.9 Å². The van der Waals surface area contributed by atoms with E-state index < -0.39 is 0 Å². The quantitative estimate of drug-likeness (QED) is 0.823. The van der Waals surface area contributed by atoms with Crippen molar-refractivity contribution in [3.63, 3.8) is 0 Å². The maximum Gasteiger partial charge on any atom is 0.237 e. The van der Waals surface area contributed by atoms with Crippen LogP contribution in [0.4, 0.5) is 17.2 Å². The third kappa shape index (κ3) is 2.00. The van der Waals surface area contributed by atoms with Crippen molar-refractivity contribution in [3.8, 4) is 0 Å². The molecule has 0 saturated heterocycles. The lowest BCUT2D eigenvalue weighted by Gasteiger charge is -2.18. The zero-order valence-electron chi connectivity index (χ0n) is 10.4. The van der Waals surface area contributed by atoms with Gasteiger partial charge in [-0.05, 0) is 58.2 Å². The molecule has 2 aromatic rings. The zero-order valence-corrected chi connectivity index (χ0v) is 11.9. The van der Waals surface area contributed by atoms with Gasteiger partial charge in [-0.1, -0.05) is 0 Å². The number of anilines is 3. The summed E-state index contributed by atoms with van der Waals surface area (Å²) < 4.78 is 0.901. The van der Waals surface area contributed by atoms with Gasteiger partial charge in [-0.25, -0.2) is 4.98 Å². The summed E-state index contributed by atoms with van der Waals surface area (Å²) in [7, 11) is 0. The highest BCUT2D eigenvalue weighted by molar-refractivity contribution is 9.10. The highest BCUT2D eigenvalue weighted by atomic mass is 79.9. The monoisotopic (exact) mass is 317 g/mol. The van der Waals surface area contributed by atoms with Gasteiger partial charge in [-0.15, -0.1) is 0 Å². The average molecular weight is 318 g/mol. The molecule has 1 aliphatic rings. The van der Waals surface area contributed by atoms with E-state index in [1.807, 2.05) is 25.1 Å². The molecule has 1 aromatic heterocycles. The van der Waals surface area contributed by atoms with Crippen LogP contribution in [-0.2, 0) is 11.2 Å². The van der Waals surface area contributed by atoms with Crippen molar-refractivity contribution < 1.29 is 4.79 Å². The predicted molar refractivity (Wildman–Crippen MR) is 78.4 cm³/mol. The highest BCUT2D eigenvalue weighted by Gasteiger charge is 2.30. The Morgan fingerprint density at radius 2 is 2.16 bits per heavy atom. The van der Waals surface area contributed by atoms with Crippen LogP contribution in [0.15, 0.2) is 34.9 Å². The van der Waals surface area contributed by atoms with Gasteiger partial charge < -0.3 is 5.73 Å². The Labute approximate surface area is 119 Å². The van der Waals surface area contributed by atoms with Gasteiger partial charge in [-0.2, -0.15) is 0 Å². The van der Waals surface area contributed by atoms with E-state index in [2.05, 4.69) is 20.9 Å². The van der Waals surface area contributed by atoms with Crippen molar-refractivity contribution in [2.45, 2.75) is 13.3 Å². The molecule has 0 fully saturated rings. The summed E-state index contributed by atoms with van der Waals surface area (Å²) in [6.45, 7) is 1.94. The maximum absolute atomic E-state index is 12.2. The first-order valence-corrected chi connectivity index (χ1v) is 6.69. The van der Waals surface area contributed by atoms with Gasteiger partial charge in [0.05, 0.1) is 12.1 Å². The van der Waals surface area contributed by atoms with E-state index >= 15 is 0 Å². The van der Waals surface area contributed by atoms with Crippen LogP contribution < -0.4 is 10.6 Å². The molecule has 4 nitrogen and oxygen atoms in total. The van der Waals surface area contributed by atoms with Crippen LogP contribution in [0.1, 0.15) is 11.1 Å². The predicted octanol–water partition coefficient (Wildman–Crippen LogP) is 2.96. The number of carbonyl (C=O) groups is 1. The Hall–Kier alpha value is -1.88. The molecule has 0 unspecified atom stereocenters. The lowest BCUT2D eigenvalue weighted by Crippen LogP contribution is -2.22. The van der Waals surface area contributed by atoms with E-state index in [0.717, 1.165) is 21.3 Å². The molecule has 0 spiro atoms. The van der Waals surface area contributed by atoms with Gasteiger partial charge in [0.15, 0.2) is 0 Å². The molecule has 0 radical (unpaired) electrons. The summed E-state index contributed by atoms with van der Waals surface area (Å²) in [5.74, 6) is 0.704. The summed E-state index contributed by atoms with van der Waals surface area (Å²) >= 11 is 3.38. The Morgan fingerprint density at radius 1 is 1.37 bits per heavy atom. The second-order valence-corrected chi connectivity index (χ2v) is 5.50. The van der Waals surface area contributed by atoms with Crippen molar-refractivity contribution in [2.24, 2.45) is 0 Å². The summed E-state index contributed by atoms with van der Waals surface area (Å²) in [4.78, 5) is 18.2. The van der Waals surface area contributed by atoms with Crippen LogP contribution in [0.5, 0.6) is 0 Å². The van der Waals surface area contributed by atoms with E-state index in [4.69, 9.17) is 5.73 Å². The Kier molecular flexibility index (Phi) is 2.78. The maximum atomic E-state index is 12.2. The summed E-state index contributed by atoms with van der Waals surface area (Å²) in [5.41, 5.74) is 9.21. The molecule has 1 aliphatic heterocycles. The average Bonchev–Trinajstić information content (AvgIpc) is 2.65. The van der Waals surface area contributed by atoms with Crippen LogP contribution in [0.2, 0.25) is 0 Å². The van der Waals surface area contributed by atoms with Gasteiger partial charge in [0, 0.05) is 16.4 Å². The van der Waals surface area contributed by atoms with E-state index in [1.54, 1.807) is 17.2 Å². The molecule has 2 N–H and O–H groups in total. The molecule has 19 heavy (non-hydrogen) atoms. The van der Waals surface area contributed by atoms with Crippen molar-refractivity contribution in [2.75, 3.05) is 10.6 Å². The molecule has 0 bridgehead atoms. The molecule has 5 heteroatoms. The highest BCUT2D eigenvalue weighted by Crippen LogP contribution is 2.37. The Morgan fingerprint density at radius 3 is 2.89 bits per heavy atom. The van der Waals surface area contributed by atoms with Gasteiger partial charge in [0.2, 0.25) is 5.91 Å². The molecule has 0 saturated carbocycles. The number of carbonyl (C=O) groups excluding carboxylic acids is 1. The third-order valence-corrected chi connectivity index (χ3v) is 3.60. The zero-order chi connectivity index (χ0) is 13.6. The van der Waals surface area contributed by atoms with E-state index in [9.17, 15) is 4.79 Å². The number of pyridine rings is 1. The SMILES string of the molecule is Cc1cc(Br)cnc1N1C(=O)Cc2cc(N)ccc21. The molecule has 1 amide bonds. The second kappa shape index (κ2) is 4.35. The summed E-state index contributed by atoms with van der Waals surface area (Å²) in [6, 6.07) is 7.48. The minimum absolute atomic E-state index is 0.0264. The number of hydrogen-bond donors (Lipinski definition) is 1. The van der Waals surface area contributed by atoms with Gasteiger partial charge in [0.1, 0.15) is 5.82 Å². The lowest BCUT2D eigenvalue weighted by molar-refractivity contribution is -0.116. The second-order valence-electron chi connectivity index (χ2n) is 4.59. The normalized spacial score (nSPS) is 13.8. The topological polar surface area (TPSA) is 59.2 Å². The smallest absolute Gasteiger partial charge is 0.237 e. The first-order chi connectivity index (χ1) is 9.06. The summed E-state index contributed by atoms with van der Waals surface area (Å²) in [5, 5.41) is 0. The number of hydrogen-bond acceptors (Lipinski definition) is 3. The minimum Gasteiger partial charge on any atom is -0.399 e. The molecule has 2 heterocycles. The first kappa shape index (κ1) is 12.2. The third-order valence-electron chi connectivity index (χ3n) is 3.16. The molecule has 0 atom stereocenters. The fourth-order valence-electron chi connectivity index (χ4n) is 2.34. The van der Waals surface area contributed by atoms with Crippen LogP contribution in [0, 0.1) is 6.92 Å². The summed E-state index contributed by atoms with van der Waals surface area (Å²) in [6.07, 6.45) is 2.07. The number of nitrogens with two attached hydrogens (primary N) is 1. The number of aromatic nitrogens is 1. The van der Waals surface area contributed by atoms with Gasteiger partial charge >= 0.3 is 0 Å². The number of halogens is 1. The molecular weight excluding hydrogens is 306 g/mol. The van der Waals surface area contributed by atoms with Gasteiger partial charge in [0.25, 0.3) is 0 Å². The van der Waals surface area contributed by atoms with Crippen molar-refractivity contribution in [1.82, 2.24) is 4.98 Å². The van der Waals surface area contributed by atoms with Crippen LogP contribution in [0.3, 0.4) is 0 Å². The molecule has 1 aromatic carbocycles.